The molecule has 0 aromatic heterocycles. The lowest BCUT2D eigenvalue weighted by Crippen LogP contribution is -2.39. The largest absolute Gasteiger partial charge is 0.463 e. The van der Waals surface area contributed by atoms with Gasteiger partial charge in [-0.05, 0) is 49.7 Å². The number of carbonyl (C=O) groups excluding carboxylic acids is 2. The summed E-state index contributed by atoms with van der Waals surface area (Å²) in [6, 6.07) is 12.3. The van der Waals surface area contributed by atoms with E-state index in [0.717, 1.165) is 17.0 Å². The summed E-state index contributed by atoms with van der Waals surface area (Å²) in [4.78, 5) is 27.6. The second-order valence-electron chi connectivity index (χ2n) is 7.93. The predicted molar refractivity (Wildman–Crippen MR) is 126 cm³/mol. The van der Waals surface area contributed by atoms with Crippen molar-refractivity contribution < 1.29 is 37.3 Å². The zero-order chi connectivity index (χ0) is 27.3. The molecular formula is C26H24F3N3O5. The molecule has 1 aliphatic heterocycles. The summed E-state index contributed by atoms with van der Waals surface area (Å²) in [7, 11) is 0. The van der Waals surface area contributed by atoms with Crippen molar-refractivity contribution in [3.05, 3.63) is 87.9 Å². The van der Waals surface area contributed by atoms with Crippen LogP contribution in [0, 0.1) is 11.3 Å². The van der Waals surface area contributed by atoms with E-state index in [-0.39, 0.29) is 41.6 Å². The number of allylic oxidation sites excluding steroid dienone is 1. The van der Waals surface area contributed by atoms with E-state index in [1.54, 1.807) is 6.92 Å². The molecule has 2 aromatic carbocycles. The summed E-state index contributed by atoms with van der Waals surface area (Å²) in [6.45, 7) is 2.16. The Kier molecular flexibility index (Phi) is 8.24. The van der Waals surface area contributed by atoms with Crippen LogP contribution in [0.1, 0.15) is 36.5 Å². The number of anilines is 1. The quantitative estimate of drug-likeness (QED) is 0.535. The Balaban J connectivity index is 2.33. The zero-order valence-electron chi connectivity index (χ0n) is 20.0. The number of aliphatic hydroxyl groups is 1. The van der Waals surface area contributed by atoms with E-state index in [1.807, 2.05) is 6.07 Å². The van der Waals surface area contributed by atoms with Gasteiger partial charge in [-0.25, -0.2) is 9.59 Å². The molecule has 8 nitrogen and oxygen atoms in total. The molecule has 194 valence electrons. The normalized spacial score (nSPS) is 15.9. The van der Waals surface area contributed by atoms with Gasteiger partial charge in [0.1, 0.15) is 12.4 Å². The van der Waals surface area contributed by atoms with Crippen molar-refractivity contribution in [2.24, 2.45) is 5.73 Å². The van der Waals surface area contributed by atoms with Gasteiger partial charge in [-0.2, -0.15) is 18.4 Å². The van der Waals surface area contributed by atoms with E-state index in [0.29, 0.717) is 11.1 Å². The number of nitrogens with zero attached hydrogens (tertiary/aromatic N) is 2. The molecule has 3 rings (SSSR count). The summed E-state index contributed by atoms with van der Waals surface area (Å²) < 4.78 is 50.7. The van der Waals surface area contributed by atoms with E-state index in [9.17, 15) is 22.8 Å². The van der Waals surface area contributed by atoms with Gasteiger partial charge in [0.15, 0.2) is 0 Å². The van der Waals surface area contributed by atoms with Crippen LogP contribution in [0.2, 0.25) is 0 Å². The molecular weight excluding hydrogens is 491 g/mol. The number of ether oxygens (including phenoxy) is 2. The summed E-state index contributed by atoms with van der Waals surface area (Å²) in [5, 5.41) is 18.3. The molecule has 11 heteroatoms. The first kappa shape index (κ1) is 27.3. The van der Waals surface area contributed by atoms with Gasteiger partial charge in [0.05, 0.1) is 47.5 Å². The number of nitriles is 1. The van der Waals surface area contributed by atoms with Crippen LogP contribution in [0.25, 0.3) is 0 Å². The maximum atomic E-state index is 13.5. The van der Waals surface area contributed by atoms with Crippen molar-refractivity contribution in [3.63, 3.8) is 0 Å². The molecule has 0 saturated heterocycles. The highest BCUT2D eigenvalue weighted by atomic mass is 19.4. The third-order valence-electron chi connectivity index (χ3n) is 5.66. The van der Waals surface area contributed by atoms with Crippen molar-refractivity contribution in [2.45, 2.75) is 25.9 Å². The smallest absolute Gasteiger partial charge is 0.416 e. The number of carbonyl (C=O) groups is 2. The van der Waals surface area contributed by atoms with Gasteiger partial charge < -0.3 is 25.2 Å². The minimum Gasteiger partial charge on any atom is -0.463 e. The monoisotopic (exact) mass is 515 g/mol. The van der Waals surface area contributed by atoms with Crippen LogP contribution in [0.15, 0.2) is 71.2 Å². The van der Waals surface area contributed by atoms with Crippen molar-refractivity contribution in [1.82, 2.24) is 0 Å². The second-order valence-corrected chi connectivity index (χ2v) is 7.93. The Morgan fingerprint density at radius 2 is 1.76 bits per heavy atom. The molecule has 0 fully saturated rings. The first-order valence-corrected chi connectivity index (χ1v) is 11.2. The minimum absolute atomic E-state index is 0.0355. The van der Waals surface area contributed by atoms with Crippen molar-refractivity contribution in [2.75, 3.05) is 24.7 Å². The van der Waals surface area contributed by atoms with Gasteiger partial charge in [0, 0.05) is 11.4 Å². The molecule has 0 bridgehead atoms. The van der Waals surface area contributed by atoms with E-state index < -0.39 is 36.2 Å². The maximum Gasteiger partial charge on any atom is 0.416 e. The van der Waals surface area contributed by atoms with Crippen LogP contribution in [0.5, 0.6) is 0 Å². The Bertz CT molecular complexity index is 1290. The number of rotatable bonds is 7. The Labute approximate surface area is 211 Å². The fourth-order valence-corrected chi connectivity index (χ4v) is 4.07. The molecule has 1 unspecified atom stereocenters. The van der Waals surface area contributed by atoms with Crippen LogP contribution >= 0.6 is 0 Å². The average Bonchev–Trinajstić information content (AvgIpc) is 2.86. The molecule has 37 heavy (non-hydrogen) atoms. The number of nitrogens with two attached hydrogens (primary N) is 1. The summed E-state index contributed by atoms with van der Waals surface area (Å²) in [5.41, 5.74) is 5.98. The van der Waals surface area contributed by atoms with Crippen LogP contribution in [-0.2, 0) is 25.2 Å². The van der Waals surface area contributed by atoms with Gasteiger partial charge in [-0.15, -0.1) is 0 Å². The van der Waals surface area contributed by atoms with E-state index in [1.165, 1.54) is 43.3 Å². The van der Waals surface area contributed by atoms with Crippen LogP contribution < -0.4 is 10.6 Å². The van der Waals surface area contributed by atoms with Crippen LogP contribution in [0.3, 0.4) is 0 Å². The van der Waals surface area contributed by atoms with Crippen molar-refractivity contribution >= 4 is 17.6 Å². The first-order valence-electron chi connectivity index (χ1n) is 11.2. The topological polar surface area (TPSA) is 126 Å². The number of halogens is 3. The van der Waals surface area contributed by atoms with Gasteiger partial charge in [0.25, 0.3) is 0 Å². The molecule has 3 N–H and O–H groups in total. The average molecular weight is 515 g/mol. The Morgan fingerprint density at radius 1 is 1.11 bits per heavy atom. The molecule has 0 saturated carbocycles. The SMILES string of the molecule is CCOC(=O)C1=C(N)N(c2cccc(C(F)(F)F)c2)C(C)=C(C(=O)OCCO)C1c1ccc(C#N)cc1. The Hall–Kier alpha value is -4.30. The number of esters is 2. The second kappa shape index (κ2) is 11.2. The van der Waals surface area contributed by atoms with E-state index >= 15 is 0 Å². The summed E-state index contributed by atoms with van der Waals surface area (Å²) in [6.07, 6.45) is -4.65. The number of aliphatic hydroxyl groups excluding tert-OH is 1. The number of benzene rings is 2. The predicted octanol–water partition coefficient (Wildman–Crippen LogP) is 3.72. The first-order chi connectivity index (χ1) is 17.5. The molecule has 2 aromatic rings. The lowest BCUT2D eigenvalue weighted by atomic mass is 9.80. The highest BCUT2D eigenvalue weighted by Gasteiger charge is 2.42. The molecule has 1 atom stereocenters. The number of hydrogen-bond acceptors (Lipinski definition) is 8. The van der Waals surface area contributed by atoms with Crippen molar-refractivity contribution in [1.29, 1.82) is 5.26 Å². The zero-order valence-corrected chi connectivity index (χ0v) is 20.0. The van der Waals surface area contributed by atoms with E-state index in [4.69, 9.17) is 25.6 Å². The fraction of sp³-hybridized carbons (Fsp3) is 0.269. The lowest BCUT2D eigenvalue weighted by Gasteiger charge is -2.37. The third-order valence-corrected chi connectivity index (χ3v) is 5.66. The Morgan fingerprint density at radius 3 is 2.32 bits per heavy atom. The highest BCUT2D eigenvalue weighted by molar-refractivity contribution is 6.01. The minimum atomic E-state index is -4.65. The highest BCUT2D eigenvalue weighted by Crippen LogP contribution is 2.44. The van der Waals surface area contributed by atoms with Gasteiger partial charge in [-0.1, -0.05) is 18.2 Å². The third kappa shape index (κ3) is 5.59. The van der Waals surface area contributed by atoms with Gasteiger partial charge in [-0.3, -0.25) is 0 Å². The molecule has 1 aliphatic rings. The molecule has 0 spiro atoms. The molecule has 0 amide bonds. The summed E-state index contributed by atoms with van der Waals surface area (Å²) in [5.74, 6) is -3.15. The number of alkyl halides is 3. The summed E-state index contributed by atoms with van der Waals surface area (Å²) >= 11 is 0. The number of hydrogen-bond donors (Lipinski definition) is 2. The van der Waals surface area contributed by atoms with Crippen LogP contribution in [-0.4, -0.2) is 36.9 Å². The van der Waals surface area contributed by atoms with Crippen molar-refractivity contribution in [3.8, 4) is 6.07 Å². The standard InChI is InChI=1S/C26H24F3N3O5/c1-3-36-25(35)22-21(17-9-7-16(14-30)8-10-17)20(24(34)37-12-11-33)15(2)32(23(22)31)19-6-4-5-18(13-19)26(27,28)29/h4-10,13,21,33H,3,11-12,31H2,1-2H3. The molecule has 0 radical (unpaired) electrons. The van der Waals surface area contributed by atoms with Crippen LogP contribution in [0.4, 0.5) is 18.9 Å². The molecule has 1 heterocycles. The van der Waals surface area contributed by atoms with Gasteiger partial charge >= 0.3 is 18.1 Å². The fourth-order valence-electron chi connectivity index (χ4n) is 4.07. The maximum absolute atomic E-state index is 13.5. The van der Waals surface area contributed by atoms with Gasteiger partial charge in [0.2, 0.25) is 0 Å². The molecule has 0 aliphatic carbocycles. The van der Waals surface area contributed by atoms with E-state index in [2.05, 4.69) is 0 Å². The lowest BCUT2D eigenvalue weighted by molar-refractivity contribution is -0.141.